The molecule has 4 nitrogen and oxygen atoms in total. The van der Waals surface area contributed by atoms with Crippen molar-refractivity contribution in [1.82, 2.24) is 10.2 Å². The number of methoxy groups -OCH3 is 1. The first kappa shape index (κ1) is 16.7. The third kappa shape index (κ3) is 4.70. The van der Waals surface area contributed by atoms with Crippen LogP contribution in [0.15, 0.2) is 18.2 Å². The van der Waals surface area contributed by atoms with E-state index >= 15 is 0 Å². The molecule has 0 atom stereocenters. The lowest BCUT2D eigenvalue weighted by molar-refractivity contribution is -0.123. The van der Waals surface area contributed by atoms with Gasteiger partial charge in [-0.2, -0.15) is 0 Å². The number of rotatable bonds is 7. The van der Waals surface area contributed by atoms with Crippen LogP contribution in [0.3, 0.4) is 0 Å². The largest absolute Gasteiger partial charge is 0.494 e. The van der Waals surface area contributed by atoms with E-state index in [4.69, 9.17) is 4.74 Å². The van der Waals surface area contributed by atoms with Crippen LogP contribution in [-0.2, 0) is 11.3 Å². The smallest absolute Gasteiger partial charge is 0.234 e. The molecule has 5 heteroatoms. The standard InChI is InChI=1S/C17H25FN2O2/c1-3-20(12-17(21)19-14-6-4-5-7-14)11-13-8-9-16(22-2)15(18)10-13/h8-10,14H,3-7,11-12H2,1-2H3,(H,19,21). The van der Waals surface area contributed by atoms with Gasteiger partial charge in [-0.3, -0.25) is 9.69 Å². The third-order valence-electron chi connectivity index (χ3n) is 4.16. The summed E-state index contributed by atoms with van der Waals surface area (Å²) < 4.78 is 18.6. The normalized spacial score (nSPS) is 15.3. The molecule has 2 rings (SSSR count). The first-order chi connectivity index (χ1) is 10.6. The van der Waals surface area contributed by atoms with Crippen LogP contribution in [0, 0.1) is 5.82 Å². The number of halogens is 1. The van der Waals surface area contributed by atoms with Crippen LogP contribution in [0.25, 0.3) is 0 Å². The minimum absolute atomic E-state index is 0.0581. The Morgan fingerprint density at radius 1 is 1.41 bits per heavy atom. The van der Waals surface area contributed by atoms with Crippen molar-refractivity contribution in [3.05, 3.63) is 29.6 Å². The summed E-state index contributed by atoms with van der Waals surface area (Å²) in [7, 11) is 1.45. The number of likely N-dealkylation sites (N-methyl/N-ethyl adjacent to an activating group) is 1. The van der Waals surface area contributed by atoms with Crippen LogP contribution in [-0.4, -0.2) is 37.0 Å². The fraction of sp³-hybridized carbons (Fsp3) is 0.588. The molecular formula is C17H25FN2O2. The number of ether oxygens (including phenoxy) is 1. The number of hydrogen-bond acceptors (Lipinski definition) is 3. The average molecular weight is 308 g/mol. The quantitative estimate of drug-likeness (QED) is 0.842. The van der Waals surface area contributed by atoms with E-state index in [1.54, 1.807) is 6.07 Å². The van der Waals surface area contributed by atoms with E-state index in [2.05, 4.69) is 5.32 Å². The summed E-state index contributed by atoms with van der Waals surface area (Å²) in [6, 6.07) is 5.26. The highest BCUT2D eigenvalue weighted by Gasteiger charge is 2.18. The van der Waals surface area contributed by atoms with Crippen molar-refractivity contribution in [2.45, 2.75) is 45.2 Å². The van der Waals surface area contributed by atoms with Crippen molar-refractivity contribution in [3.8, 4) is 5.75 Å². The molecule has 1 aromatic carbocycles. The molecule has 1 aromatic rings. The zero-order chi connectivity index (χ0) is 15.9. The monoisotopic (exact) mass is 308 g/mol. The molecule has 0 aromatic heterocycles. The van der Waals surface area contributed by atoms with Gasteiger partial charge in [0.05, 0.1) is 13.7 Å². The molecule has 0 bridgehead atoms. The molecule has 1 amide bonds. The number of nitrogens with one attached hydrogen (secondary N) is 1. The fourth-order valence-corrected chi connectivity index (χ4v) is 2.89. The van der Waals surface area contributed by atoms with Gasteiger partial charge in [0, 0.05) is 12.6 Å². The molecule has 0 unspecified atom stereocenters. The number of carbonyl (C=O) groups is 1. The molecule has 0 radical (unpaired) electrons. The Hall–Kier alpha value is -1.62. The third-order valence-corrected chi connectivity index (χ3v) is 4.16. The first-order valence-electron chi connectivity index (χ1n) is 7.96. The van der Waals surface area contributed by atoms with Crippen molar-refractivity contribution in [2.75, 3.05) is 20.2 Å². The summed E-state index contributed by atoms with van der Waals surface area (Å²) in [4.78, 5) is 14.1. The van der Waals surface area contributed by atoms with Crippen molar-refractivity contribution >= 4 is 5.91 Å². The van der Waals surface area contributed by atoms with Gasteiger partial charge in [-0.1, -0.05) is 25.8 Å². The van der Waals surface area contributed by atoms with E-state index in [0.717, 1.165) is 24.9 Å². The Kier molecular flexibility index (Phi) is 6.19. The summed E-state index contributed by atoms with van der Waals surface area (Å²) in [5.74, 6) is -0.0695. The van der Waals surface area contributed by atoms with Crippen molar-refractivity contribution in [2.24, 2.45) is 0 Å². The Morgan fingerprint density at radius 2 is 2.14 bits per heavy atom. The van der Waals surface area contributed by atoms with Gasteiger partial charge in [-0.25, -0.2) is 4.39 Å². The predicted molar refractivity (Wildman–Crippen MR) is 84.3 cm³/mol. The van der Waals surface area contributed by atoms with Gasteiger partial charge in [0.1, 0.15) is 0 Å². The van der Waals surface area contributed by atoms with Crippen LogP contribution in [0.4, 0.5) is 4.39 Å². The van der Waals surface area contributed by atoms with Crippen LogP contribution in [0.2, 0.25) is 0 Å². The maximum absolute atomic E-state index is 13.7. The number of benzene rings is 1. The van der Waals surface area contributed by atoms with Crippen molar-refractivity contribution in [1.29, 1.82) is 0 Å². The van der Waals surface area contributed by atoms with Gasteiger partial charge in [-0.15, -0.1) is 0 Å². The van der Waals surface area contributed by atoms with Crippen LogP contribution in [0.5, 0.6) is 5.75 Å². The minimum Gasteiger partial charge on any atom is -0.494 e. The van der Waals surface area contributed by atoms with E-state index in [1.165, 1.54) is 26.0 Å². The maximum atomic E-state index is 13.7. The first-order valence-corrected chi connectivity index (χ1v) is 7.96. The highest BCUT2D eigenvalue weighted by molar-refractivity contribution is 5.78. The second-order valence-electron chi connectivity index (χ2n) is 5.82. The molecule has 0 aliphatic heterocycles. The van der Waals surface area contributed by atoms with Gasteiger partial charge < -0.3 is 10.1 Å². The highest BCUT2D eigenvalue weighted by atomic mass is 19.1. The van der Waals surface area contributed by atoms with Crippen LogP contribution >= 0.6 is 0 Å². The molecule has 1 aliphatic rings. The van der Waals surface area contributed by atoms with Gasteiger partial charge in [0.2, 0.25) is 5.91 Å². The lowest BCUT2D eigenvalue weighted by Gasteiger charge is -2.21. The van der Waals surface area contributed by atoms with Crippen molar-refractivity contribution in [3.63, 3.8) is 0 Å². The van der Waals surface area contributed by atoms with E-state index in [9.17, 15) is 9.18 Å². The lowest BCUT2D eigenvalue weighted by Crippen LogP contribution is -2.40. The van der Waals surface area contributed by atoms with E-state index in [1.807, 2.05) is 17.9 Å². The Labute approximate surface area is 131 Å². The summed E-state index contributed by atoms with van der Waals surface area (Å²) in [5.41, 5.74) is 0.841. The molecular weight excluding hydrogens is 283 g/mol. The molecule has 1 N–H and O–H groups in total. The number of nitrogens with zero attached hydrogens (tertiary/aromatic N) is 1. The summed E-state index contributed by atoms with van der Waals surface area (Å²) in [6.45, 7) is 3.64. The molecule has 1 aliphatic carbocycles. The van der Waals surface area contributed by atoms with E-state index in [0.29, 0.717) is 19.1 Å². The summed E-state index contributed by atoms with van der Waals surface area (Å²) in [6.07, 6.45) is 4.57. The van der Waals surface area contributed by atoms with Gasteiger partial charge >= 0.3 is 0 Å². The zero-order valence-corrected chi connectivity index (χ0v) is 13.4. The van der Waals surface area contributed by atoms with E-state index in [-0.39, 0.29) is 17.5 Å². The number of amides is 1. The predicted octanol–water partition coefficient (Wildman–Crippen LogP) is 2.72. The summed E-state index contributed by atoms with van der Waals surface area (Å²) >= 11 is 0. The molecule has 22 heavy (non-hydrogen) atoms. The molecule has 1 fully saturated rings. The molecule has 0 heterocycles. The fourth-order valence-electron chi connectivity index (χ4n) is 2.89. The molecule has 0 saturated heterocycles. The minimum atomic E-state index is -0.369. The summed E-state index contributed by atoms with van der Waals surface area (Å²) in [5, 5.41) is 3.08. The lowest BCUT2D eigenvalue weighted by atomic mass is 10.2. The van der Waals surface area contributed by atoms with Crippen molar-refractivity contribution < 1.29 is 13.9 Å². The topological polar surface area (TPSA) is 41.6 Å². The second-order valence-corrected chi connectivity index (χ2v) is 5.82. The van der Waals surface area contributed by atoms with Crippen LogP contribution < -0.4 is 10.1 Å². The number of carbonyl (C=O) groups excluding carboxylic acids is 1. The maximum Gasteiger partial charge on any atom is 0.234 e. The highest BCUT2D eigenvalue weighted by Crippen LogP contribution is 2.19. The average Bonchev–Trinajstić information content (AvgIpc) is 2.99. The SMILES string of the molecule is CCN(CC(=O)NC1CCCC1)Cc1ccc(OC)c(F)c1. The van der Waals surface area contributed by atoms with Gasteiger partial charge in [0.15, 0.2) is 11.6 Å². The van der Waals surface area contributed by atoms with Crippen LogP contribution in [0.1, 0.15) is 38.2 Å². The van der Waals surface area contributed by atoms with E-state index < -0.39 is 0 Å². The Morgan fingerprint density at radius 3 is 2.73 bits per heavy atom. The molecule has 1 saturated carbocycles. The second kappa shape index (κ2) is 8.13. The van der Waals surface area contributed by atoms with Gasteiger partial charge in [0.25, 0.3) is 0 Å². The molecule has 122 valence electrons. The zero-order valence-electron chi connectivity index (χ0n) is 13.4. The van der Waals surface area contributed by atoms with Gasteiger partial charge in [-0.05, 0) is 37.1 Å². The molecule has 0 spiro atoms. The number of hydrogen-bond donors (Lipinski definition) is 1. The Bertz CT molecular complexity index is 501. The Balaban J connectivity index is 1.88.